The van der Waals surface area contributed by atoms with Crippen LogP contribution in [0.1, 0.15) is 52.4 Å². The second kappa shape index (κ2) is 5.73. The van der Waals surface area contributed by atoms with Crippen LogP contribution in [-0.4, -0.2) is 12.1 Å². The molecule has 0 radical (unpaired) electrons. The molecule has 0 aromatic rings. The van der Waals surface area contributed by atoms with Gasteiger partial charge in [0.15, 0.2) is 0 Å². The summed E-state index contributed by atoms with van der Waals surface area (Å²) in [5, 5.41) is 0. The van der Waals surface area contributed by atoms with Crippen LogP contribution in [0, 0.1) is 11.3 Å². The second-order valence-electron chi connectivity index (χ2n) is 5.83. The van der Waals surface area contributed by atoms with Crippen molar-refractivity contribution in [3.63, 3.8) is 0 Å². The Hall–Kier alpha value is -1.05. The lowest BCUT2D eigenvalue weighted by molar-refractivity contribution is -0.160. The summed E-state index contributed by atoms with van der Waals surface area (Å²) in [4.78, 5) is 12.4. The molecule has 2 nitrogen and oxygen atoms in total. The fourth-order valence-electron chi connectivity index (χ4n) is 2.73. The van der Waals surface area contributed by atoms with E-state index in [1.54, 1.807) is 0 Å². The molecule has 0 N–H and O–H groups in total. The van der Waals surface area contributed by atoms with E-state index < -0.39 is 5.41 Å². The molecule has 0 spiro atoms. The molecule has 0 aromatic carbocycles. The summed E-state index contributed by atoms with van der Waals surface area (Å²) in [6.07, 6.45) is 15.2. The van der Waals surface area contributed by atoms with Gasteiger partial charge in [-0.1, -0.05) is 44.1 Å². The number of hydrogen-bond donors (Lipinski definition) is 0. The molecule has 2 rings (SSSR count). The van der Waals surface area contributed by atoms with Crippen LogP contribution in [0.4, 0.5) is 0 Å². The molecule has 18 heavy (non-hydrogen) atoms. The van der Waals surface area contributed by atoms with Crippen molar-refractivity contribution < 1.29 is 9.53 Å². The molecule has 100 valence electrons. The maximum absolute atomic E-state index is 12.4. The number of esters is 1. The van der Waals surface area contributed by atoms with Gasteiger partial charge >= 0.3 is 5.97 Å². The molecule has 2 atom stereocenters. The quantitative estimate of drug-likeness (QED) is 0.545. The summed E-state index contributed by atoms with van der Waals surface area (Å²) in [6, 6.07) is 0. The first-order chi connectivity index (χ1) is 8.63. The average molecular weight is 248 g/mol. The number of rotatable bonds is 2. The largest absolute Gasteiger partial charge is 0.462 e. The van der Waals surface area contributed by atoms with Gasteiger partial charge in [-0.15, -0.1) is 0 Å². The van der Waals surface area contributed by atoms with Crippen LogP contribution in [0.2, 0.25) is 0 Å². The van der Waals surface area contributed by atoms with E-state index in [4.69, 9.17) is 4.74 Å². The minimum atomic E-state index is -0.485. The smallest absolute Gasteiger partial charge is 0.316 e. The Morgan fingerprint density at radius 2 is 1.83 bits per heavy atom. The summed E-state index contributed by atoms with van der Waals surface area (Å²) < 4.78 is 5.76. The molecular weight excluding hydrogens is 224 g/mol. The highest BCUT2D eigenvalue weighted by Crippen LogP contribution is 2.35. The highest BCUT2D eigenvalue weighted by Gasteiger charge is 2.38. The Kier molecular flexibility index (Phi) is 4.26. The predicted octanol–water partition coefficient (Wildman–Crippen LogP) is 4.02. The highest BCUT2D eigenvalue weighted by molar-refractivity contribution is 5.80. The maximum Gasteiger partial charge on any atom is 0.316 e. The van der Waals surface area contributed by atoms with E-state index >= 15 is 0 Å². The first-order valence-corrected chi connectivity index (χ1v) is 7.20. The summed E-state index contributed by atoms with van der Waals surface area (Å²) in [6.45, 7) is 4.06. The third-order valence-electron chi connectivity index (χ3n) is 4.41. The van der Waals surface area contributed by atoms with Gasteiger partial charge in [0, 0.05) is 0 Å². The molecule has 0 bridgehead atoms. The minimum absolute atomic E-state index is 0.0532. The molecule has 0 heterocycles. The van der Waals surface area contributed by atoms with Gasteiger partial charge in [-0.2, -0.15) is 0 Å². The Morgan fingerprint density at radius 1 is 1.17 bits per heavy atom. The summed E-state index contributed by atoms with van der Waals surface area (Å²) in [5.41, 5.74) is -0.485. The van der Waals surface area contributed by atoms with Gasteiger partial charge in [0.2, 0.25) is 0 Å². The van der Waals surface area contributed by atoms with Gasteiger partial charge in [-0.25, -0.2) is 0 Å². The zero-order valence-corrected chi connectivity index (χ0v) is 11.5. The molecule has 1 fully saturated rings. The van der Waals surface area contributed by atoms with E-state index in [2.05, 4.69) is 13.0 Å². The van der Waals surface area contributed by atoms with E-state index in [0.717, 1.165) is 12.8 Å². The lowest BCUT2D eigenvalue weighted by atomic mass is 9.75. The highest BCUT2D eigenvalue weighted by atomic mass is 16.5. The van der Waals surface area contributed by atoms with Crippen LogP contribution in [0.5, 0.6) is 0 Å². The Morgan fingerprint density at radius 3 is 2.44 bits per heavy atom. The minimum Gasteiger partial charge on any atom is -0.462 e. The van der Waals surface area contributed by atoms with Crippen molar-refractivity contribution in [2.75, 3.05) is 0 Å². The third-order valence-corrected chi connectivity index (χ3v) is 4.41. The SMILES string of the molecule is CC1C=CC=CC1(C)C(=O)OC1CCCCCC1. The van der Waals surface area contributed by atoms with Gasteiger partial charge < -0.3 is 4.74 Å². The molecule has 2 heteroatoms. The first kappa shape index (κ1) is 13.4. The topological polar surface area (TPSA) is 26.3 Å². The Balaban J connectivity index is 1.98. The number of carbonyl (C=O) groups is 1. The molecule has 0 aliphatic heterocycles. The van der Waals surface area contributed by atoms with Gasteiger partial charge in [0.1, 0.15) is 6.10 Å². The van der Waals surface area contributed by atoms with Gasteiger partial charge in [0.25, 0.3) is 0 Å². The fraction of sp³-hybridized carbons (Fsp3) is 0.688. The molecule has 0 aromatic heterocycles. The Labute approximate surface area is 110 Å². The summed E-state index contributed by atoms with van der Waals surface area (Å²) in [7, 11) is 0. The number of hydrogen-bond acceptors (Lipinski definition) is 2. The van der Waals surface area contributed by atoms with Crippen molar-refractivity contribution in [3.8, 4) is 0 Å². The zero-order valence-electron chi connectivity index (χ0n) is 11.5. The monoisotopic (exact) mass is 248 g/mol. The molecule has 2 aliphatic rings. The normalized spacial score (nSPS) is 33.1. The summed E-state index contributed by atoms with van der Waals surface area (Å²) in [5.74, 6) is 0.156. The number of carbonyl (C=O) groups excluding carboxylic acids is 1. The van der Waals surface area contributed by atoms with Crippen LogP contribution in [-0.2, 0) is 9.53 Å². The molecular formula is C16H24O2. The van der Waals surface area contributed by atoms with E-state index in [1.165, 1.54) is 25.7 Å². The first-order valence-electron chi connectivity index (χ1n) is 7.20. The van der Waals surface area contributed by atoms with Crippen LogP contribution >= 0.6 is 0 Å². The number of allylic oxidation sites excluding steroid dienone is 3. The average Bonchev–Trinajstić information content (AvgIpc) is 2.61. The van der Waals surface area contributed by atoms with Crippen molar-refractivity contribution >= 4 is 5.97 Å². The van der Waals surface area contributed by atoms with Crippen molar-refractivity contribution in [2.45, 2.75) is 58.5 Å². The van der Waals surface area contributed by atoms with Gasteiger partial charge in [0.05, 0.1) is 5.41 Å². The summed E-state index contributed by atoms with van der Waals surface area (Å²) >= 11 is 0. The van der Waals surface area contributed by atoms with E-state index in [0.29, 0.717) is 0 Å². The molecule has 0 saturated heterocycles. The van der Waals surface area contributed by atoms with E-state index in [1.807, 2.05) is 25.2 Å². The molecule has 2 aliphatic carbocycles. The van der Waals surface area contributed by atoms with Crippen molar-refractivity contribution in [1.82, 2.24) is 0 Å². The lowest BCUT2D eigenvalue weighted by Gasteiger charge is -2.32. The van der Waals surface area contributed by atoms with Crippen molar-refractivity contribution in [2.24, 2.45) is 11.3 Å². The number of ether oxygens (including phenoxy) is 1. The molecule has 2 unspecified atom stereocenters. The van der Waals surface area contributed by atoms with Crippen LogP contribution in [0.3, 0.4) is 0 Å². The zero-order chi connectivity index (χ0) is 13.0. The van der Waals surface area contributed by atoms with Gasteiger partial charge in [-0.05, 0) is 38.5 Å². The molecule has 1 saturated carbocycles. The van der Waals surface area contributed by atoms with E-state index in [9.17, 15) is 4.79 Å². The maximum atomic E-state index is 12.4. The predicted molar refractivity (Wildman–Crippen MR) is 73.1 cm³/mol. The fourth-order valence-corrected chi connectivity index (χ4v) is 2.73. The van der Waals surface area contributed by atoms with Crippen molar-refractivity contribution in [1.29, 1.82) is 0 Å². The van der Waals surface area contributed by atoms with Crippen molar-refractivity contribution in [3.05, 3.63) is 24.3 Å². The Bertz CT molecular complexity index is 348. The van der Waals surface area contributed by atoms with Crippen LogP contribution < -0.4 is 0 Å². The standard InChI is InChI=1S/C16H24O2/c1-13-9-7-8-12-16(13,2)15(17)18-14-10-5-3-4-6-11-14/h7-9,12-14H,3-6,10-11H2,1-2H3. The van der Waals surface area contributed by atoms with Gasteiger partial charge in [-0.3, -0.25) is 4.79 Å². The molecule has 0 amide bonds. The third kappa shape index (κ3) is 2.85. The van der Waals surface area contributed by atoms with E-state index in [-0.39, 0.29) is 18.0 Å². The van der Waals surface area contributed by atoms with Crippen LogP contribution in [0.15, 0.2) is 24.3 Å². The van der Waals surface area contributed by atoms with Crippen LogP contribution in [0.25, 0.3) is 0 Å². The second-order valence-corrected chi connectivity index (χ2v) is 5.83. The lowest BCUT2D eigenvalue weighted by Crippen LogP contribution is -2.36.